The summed E-state index contributed by atoms with van der Waals surface area (Å²) in [4.78, 5) is 13.1. The number of benzene rings is 3. The van der Waals surface area contributed by atoms with E-state index in [1.165, 1.54) is 11.6 Å². The van der Waals surface area contributed by atoms with Gasteiger partial charge in [-0.05, 0) is 106 Å². The van der Waals surface area contributed by atoms with Gasteiger partial charge in [0.25, 0.3) is 15.9 Å². The summed E-state index contributed by atoms with van der Waals surface area (Å²) in [6.45, 7) is 13.6. The van der Waals surface area contributed by atoms with Crippen LogP contribution in [0, 0.1) is 41.5 Å². The zero-order valence-corrected chi connectivity index (χ0v) is 21.1. The Morgan fingerprint density at radius 3 is 2.09 bits per heavy atom. The molecule has 0 fully saturated rings. The molecule has 3 rings (SSSR count). The molecular formula is C27H32N2O3S. The molecule has 0 aromatic heterocycles. The maximum Gasteiger partial charge on any atom is 0.262 e. The number of sulfonamides is 1. The Morgan fingerprint density at radius 1 is 0.758 bits per heavy atom. The molecule has 0 aliphatic carbocycles. The van der Waals surface area contributed by atoms with Gasteiger partial charge in [-0.15, -0.1) is 0 Å². The molecule has 0 aliphatic rings. The molecule has 0 saturated heterocycles. The highest BCUT2D eigenvalue weighted by atomic mass is 32.2. The van der Waals surface area contributed by atoms with Gasteiger partial charge in [0.1, 0.15) is 0 Å². The van der Waals surface area contributed by atoms with Gasteiger partial charge in [-0.25, -0.2) is 8.42 Å². The smallest absolute Gasteiger partial charge is 0.262 e. The number of rotatable bonds is 6. The molecule has 0 saturated carbocycles. The summed E-state index contributed by atoms with van der Waals surface area (Å²) in [5.74, 6) is -0.316. The van der Waals surface area contributed by atoms with Crippen molar-refractivity contribution in [2.45, 2.75) is 59.4 Å². The van der Waals surface area contributed by atoms with Crippen molar-refractivity contribution in [2.24, 2.45) is 0 Å². The summed E-state index contributed by atoms with van der Waals surface area (Å²) in [7, 11) is -3.87. The monoisotopic (exact) mass is 464 g/mol. The van der Waals surface area contributed by atoms with E-state index in [1.54, 1.807) is 25.1 Å². The van der Waals surface area contributed by atoms with Gasteiger partial charge in [-0.2, -0.15) is 0 Å². The SMILES string of the molecule is Cc1ccc(C)c(NS(=O)(=O)c2cc(C(=O)NC(C)c3cc(C)c(C)cc3C)ccc2C)c1. The summed E-state index contributed by atoms with van der Waals surface area (Å²) < 4.78 is 29.0. The molecule has 0 spiro atoms. The van der Waals surface area contributed by atoms with Gasteiger partial charge >= 0.3 is 0 Å². The van der Waals surface area contributed by atoms with Crippen LogP contribution in [0.1, 0.15) is 62.3 Å². The van der Waals surface area contributed by atoms with Crippen molar-refractivity contribution in [3.8, 4) is 0 Å². The van der Waals surface area contributed by atoms with E-state index in [2.05, 4.69) is 29.1 Å². The first-order chi connectivity index (χ1) is 15.4. The van der Waals surface area contributed by atoms with Crippen molar-refractivity contribution in [1.29, 1.82) is 0 Å². The molecule has 0 heterocycles. The minimum atomic E-state index is -3.87. The van der Waals surface area contributed by atoms with Crippen LogP contribution in [-0.2, 0) is 10.0 Å². The van der Waals surface area contributed by atoms with Crippen LogP contribution in [0.5, 0.6) is 0 Å². The molecular weight excluding hydrogens is 432 g/mol. The zero-order chi connectivity index (χ0) is 24.5. The number of nitrogens with one attached hydrogen (secondary N) is 2. The van der Waals surface area contributed by atoms with Crippen LogP contribution in [0.25, 0.3) is 0 Å². The molecule has 1 amide bonds. The lowest BCUT2D eigenvalue weighted by Crippen LogP contribution is -2.27. The van der Waals surface area contributed by atoms with E-state index in [1.807, 2.05) is 46.8 Å². The minimum Gasteiger partial charge on any atom is -0.346 e. The Morgan fingerprint density at radius 2 is 1.39 bits per heavy atom. The van der Waals surface area contributed by atoms with E-state index < -0.39 is 10.0 Å². The van der Waals surface area contributed by atoms with Gasteiger partial charge in [-0.1, -0.05) is 30.3 Å². The second-order valence-corrected chi connectivity index (χ2v) is 10.5. The van der Waals surface area contributed by atoms with Crippen molar-refractivity contribution in [3.05, 3.63) is 93.0 Å². The first-order valence-electron chi connectivity index (χ1n) is 11.0. The van der Waals surface area contributed by atoms with Crippen LogP contribution in [-0.4, -0.2) is 14.3 Å². The largest absolute Gasteiger partial charge is 0.346 e. The summed E-state index contributed by atoms with van der Waals surface area (Å²) in [5.41, 5.74) is 7.71. The predicted molar refractivity (Wildman–Crippen MR) is 134 cm³/mol. The lowest BCUT2D eigenvalue weighted by molar-refractivity contribution is 0.0939. The summed E-state index contributed by atoms with van der Waals surface area (Å²) >= 11 is 0. The van der Waals surface area contributed by atoms with E-state index in [0.29, 0.717) is 16.8 Å². The fourth-order valence-corrected chi connectivity index (χ4v) is 5.28. The molecule has 6 heteroatoms. The van der Waals surface area contributed by atoms with Gasteiger partial charge in [0, 0.05) is 5.56 Å². The van der Waals surface area contributed by atoms with Crippen LogP contribution < -0.4 is 10.0 Å². The van der Waals surface area contributed by atoms with Crippen LogP contribution >= 0.6 is 0 Å². The molecule has 33 heavy (non-hydrogen) atoms. The van der Waals surface area contributed by atoms with Crippen LogP contribution in [0.15, 0.2) is 53.4 Å². The molecule has 5 nitrogen and oxygen atoms in total. The molecule has 174 valence electrons. The summed E-state index contributed by atoms with van der Waals surface area (Å²) in [5, 5.41) is 3.01. The Kier molecular flexibility index (Phi) is 6.98. The van der Waals surface area contributed by atoms with Crippen LogP contribution in [0.2, 0.25) is 0 Å². The number of carbonyl (C=O) groups is 1. The van der Waals surface area contributed by atoms with Gasteiger partial charge in [0.2, 0.25) is 0 Å². The number of amides is 1. The third-order valence-electron chi connectivity index (χ3n) is 6.07. The van der Waals surface area contributed by atoms with E-state index in [0.717, 1.165) is 27.8 Å². The molecule has 0 aliphatic heterocycles. The highest BCUT2D eigenvalue weighted by Gasteiger charge is 2.21. The average molecular weight is 465 g/mol. The Hall–Kier alpha value is -3.12. The first kappa shape index (κ1) is 24.5. The second-order valence-electron chi connectivity index (χ2n) is 8.89. The van der Waals surface area contributed by atoms with E-state index in [9.17, 15) is 13.2 Å². The minimum absolute atomic E-state index is 0.0890. The fraction of sp³-hybridized carbons (Fsp3) is 0.296. The molecule has 2 N–H and O–H groups in total. The molecule has 0 radical (unpaired) electrons. The highest BCUT2D eigenvalue weighted by molar-refractivity contribution is 7.92. The number of aryl methyl sites for hydroxylation is 6. The molecule has 1 unspecified atom stereocenters. The maximum atomic E-state index is 13.2. The van der Waals surface area contributed by atoms with Gasteiger partial charge in [0.15, 0.2) is 0 Å². The first-order valence-corrected chi connectivity index (χ1v) is 12.5. The molecule has 3 aromatic rings. The van der Waals surface area contributed by atoms with Gasteiger partial charge < -0.3 is 5.32 Å². The number of carbonyl (C=O) groups excluding carboxylic acids is 1. The van der Waals surface area contributed by atoms with Crippen molar-refractivity contribution < 1.29 is 13.2 Å². The Labute approximate surface area is 197 Å². The van der Waals surface area contributed by atoms with Gasteiger partial charge in [-0.3, -0.25) is 9.52 Å². The number of anilines is 1. The summed E-state index contributed by atoms with van der Waals surface area (Å²) in [6, 6.07) is 14.4. The van der Waals surface area contributed by atoms with Crippen molar-refractivity contribution in [1.82, 2.24) is 5.32 Å². The molecule has 0 bridgehead atoms. The van der Waals surface area contributed by atoms with E-state index in [4.69, 9.17) is 0 Å². The third kappa shape index (κ3) is 5.45. The fourth-order valence-electron chi connectivity index (χ4n) is 3.88. The average Bonchev–Trinajstić information content (AvgIpc) is 2.73. The Balaban J connectivity index is 1.88. The highest BCUT2D eigenvalue weighted by Crippen LogP contribution is 2.25. The topological polar surface area (TPSA) is 75.3 Å². The Bertz CT molecular complexity index is 1330. The lowest BCUT2D eigenvalue weighted by Gasteiger charge is -2.19. The van der Waals surface area contributed by atoms with Crippen LogP contribution in [0.4, 0.5) is 5.69 Å². The number of hydrogen-bond donors (Lipinski definition) is 2. The predicted octanol–water partition coefficient (Wildman–Crippen LogP) is 5.83. The van der Waals surface area contributed by atoms with Crippen LogP contribution in [0.3, 0.4) is 0 Å². The molecule has 3 aromatic carbocycles. The zero-order valence-electron chi connectivity index (χ0n) is 20.3. The maximum absolute atomic E-state index is 13.2. The number of hydrogen-bond acceptors (Lipinski definition) is 3. The van der Waals surface area contributed by atoms with Crippen molar-refractivity contribution >= 4 is 21.6 Å². The standard InChI is InChI=1S/C27H32N2O3S/c1-16-8-9-17(2)25(12-16)29-33(31,32)26-15-23(11-10-18(26)3)27(30)28-22(7)24-14-20(5)19(4)13-21(24)6/h8-15,22,29H,1-7H3,(H,28,30). The molecule has 1 atom stereocenters. The van der Waals surface area contributed by atoms with E-state index >= 15 is 0 Å². The summed E-state index contributed by atoms with van der Waals surface area (Å²) in [6.07, 6.45) is 0. The second kappa shape index (κ2) is 9.40. The lowest BCUT2D eigenvalue weighted by atomic mass is 9.96. The van der Waals surface area contributed by atoms with Gasteiger partial charge in [0.05, 0.1) is 16.6 Å². The third-order valence-corrected chi connectivity index (χ3v) is 7.58. The quantitative estimate of drug-likeness (QED) is 0.482. The van der Waals surface area contributed by atoms with Crippen molar-refractivity contribution in [2.75, 3.05) is 4.72 Å². The normalized spacial score (nSPS) is 12.3. The van der Waals surface area contributed by atoms with Crippen molar-refractivity contribution in [3.63, 3.8) is 0 Å². The van der Waals surface area contributed by atoms with E-state index in [-0.39, 0.29) is 16.8 Å².